The van der Waals surface area contributed by atoms with E-state index in [0.717, 1.165) is 67.6 Å². The van der Waals surface area contributed by atoms with Gasteiger partial charge in [0.25, 0.3) is 0 Å². The van der Waals surface area contributed by atoms with Crippen LogP contribution in [-0.4, -0.2) is 65.7 Å². The molecule has 146 valence electrons. The lowest BCUT2D eigenvalue weighted by Gasteiger charge is -2.41. The van der Waals surface area contributed by atoms with Crippen LogP contribution in [0.2, 0.25) is 0 Å². The number of carbonyl (C=O) groups is 1. The SMILES string of the molecule is Cc1cc(-c2ccc3c(n2)N(C(=O)N2CCN[C@H](C)C2)[C@H]2CCN3C2)ccn1. The molecule has 0 unspecified atom stereocenters. The molecule has 2 aromatic rings. The molecule has 2 fully saturated rings. The number of aromatic nitrogens is 2. The smallest absolute Gasteiger partial charge is 0.326 e. The Kier molecular flexibility index (Phi) is 4.19. The highest BCUT2D eigenvalue weighted by Gasteiger charge is 2.42. The van der Waals surface area contributed by atoms with Gasteiger partial charge in [-0.25, -0.2) is 9.78 Å². The van der Waals surface area contributed by atoms with Crippen LogP contribution < -0.4 is 15.1 Å². The predicted octanol–water partition coefficient (Wildman–Crippen LogP) is 2.26. The lowest BCUT2D eigenvalue weighted by Crippen LogP contribution is -2.58. The summed E-state index contributed by atoms with van der Waals surface area (Å²) in [7, 11) is 0. The molecule has 0 radical (unpaired) electrons. The van der Waals surface area contributed by atoms with Gasteiger partial charge < -0.3 is 15.1 Å². The van der Waals surface area contributed by atoms with E-state index in [1.165, 1.54) is 0 Å². The van der Waals surface area contributed by atoms with Crippen molar-refractivity contribution in [3.8, 4) is 11.3 Å². The van der Waals surface area contributed by atoms with Gasteiger partial charge in [-0.05, 0) is 44.5 Å². The highest BCUT2D eigenvalue weighted by atomic mass is 16.2. The number of rotatable bonds is 1. The van der Waals surface area contributed by atoms with Gasteiger partial charge >= 0.3 is 6.03 Å². The zero-order valence-corrected chi connectivity index (χ0v) is 16.4. The summed E-state index contributed by atoms with van der Waals surface area (Å²) in [6.45, 7) is 8.32. The summed E-state index contributed by atoms with van der Waals surface area (Å²) >= 11 is 0. The molecule has 0 saturated carbocycles. The third kappa shape index (κ3) is 2.90. The second-order valence-corrected chi connectivity index (χ2v) is 8.07. The van der Waals surface area contributed by atoms with Crippen LogP contribution in [0.1, 0.15) is 19.0 Å². The molecule has 5 heterocycles. The summed E-state index contributed by atoms with van der Waals surface area (Å²) in [4.78, 5) is 29.1. The first-order chi connectivity index (χ1) is 13.6. The number of nitrogens with zero attached hydrogens (tertiary/aromatic N) is 5. The third-order valence-corrected chi connectivity index (χ3v) is 5.99. The number of carbonyl (C=O) groups excluding carboxylic acids is 1. The fraction of sp³-hybridized carbons (Fsp3) is 0.476. The third-order valence-electron chi connectivity index (χ3n) is 5.99. The van der Waals surface area contributed by atoms with E-state index in [1.807, 2.05) is 35.1 Å². The van der Waals surface area contributed by atoms with Crippen molar-refractivity contribution in [3.05, 3.63) is 36.2 Å². The molecule has 2 aromatic heterocycles. The van der Waals surface area contributed by atoms with Gasteiger partial charge in [0.15, 0.2) is 5.82 Å². The Morgan fingerprint density at radius 2 is 2.11 bits per heavy atom. The Morgan fingerprint density at radius 3 is 2.93 bits per heavy atom. The number of nitrogens with one attached hydrogen (secondary N) is 1. The Bertz CT molecular complexity index is 916. The molecule has 7 nitrogen and oxygen atoms in total. The van der Waals surface area contributed by atoms with Gasteiger partial charge in [0, 0.05) is 56.2 Å². The summed E-state index contributed by atoms with van der Waals surface area (Å²) in [6, 6.07) is 8.81. The molecule has 1 N–H and O–H groups in total. The summed E-state index contributed by atoms with van der Waals surface area (Å²) in [5.74, 6) is 0.803. The van der Waals surface area contributed by atoms with Gasteiger partial charge in [0.1, 0.15) is 0 Å². The second kappa shape index (κ2) is 6.74. The highest BCUT2D eigenvalue weighted by molar-refractivity contribution is 5.97. The first-order valence-electron chi connectivity index (χ1n) is 10.1. The summed E-state index contributed by atoms with van der Waals surface area (Å²) in [5, 5.41) is 3.42. The van der Waals surface area contributed by atoms with Crippen LogP contribution in [0.3, 0.4) is 0 Å². The van der Waals surface area contributed by atoms with Gasteiger partial charge in [0.05, 0.1) is 17.4 Å². The molecular formula is C21H26N6O. The normalized spacial score (nSPS) is 23.7. The van der Waals surface area contributed by atoms with Gasteiger partial charge in [-0.3, -0.25) is 9.88 Å². The van der Waals surface area contributed by atoms with E-state index in [1.54, 1.807) is 0 Å². The van der Waals surface area contributed by atoms with E-state index in [4.69, 9.17) is 4.98 Å². The molecule has 2 saturated heterocycles. The lowest BCUT2D eigenvalue weighted by atomic mass is 10.1. The number of aryl methyl sites for hydroxylation is 1. The van der Waals surface area contributed by atoms with Crippen LogP contribution in [0.4, 0.5) is 16.3 Å². The molecule has 7 heteroatoms. The van der Waals surface area contributed by atoms with Crippen molar-refractivity contribution in [2.45, 2.75) is 32.4 Å². The van der Waals surface area contributed by atoms with Gasteiger partial charge in [-0.15, -0.1) is 0 Å². The molecule has 2 bridgehead atoms. The van der Waals surface area contributed by atoms with Gasteiger partial charge in [-0.1, -0.05) is 0 Å². The average molecular weight is 378 g/mol. The van der Waals surface area contributed by atoms with Crippen molar-refractivity contribution in [1.82, 2.24) is 20.2 Å². The average Bonchev–Trinajstić information content (AvgIpc) is 3.12. The van der Waals surface area contributed by atoms with Crippen molar-refractivity contribution in [2.75, 3.05) is 42.5 Å². The molecule has 0 spiro atoms. The molecule has 3 aliphatic rings. The quantitative estimate of drug-likeness (QED) is 0.825. The number of amides is 2. The largest absolute Gasteiger partial charge is 0.366 e. The minimum Gasteiger partial charge on any atom is -0.366 e. The topological polar surface area (TPSA) is 64.6 Å². The van der Waals surface area contributed by atoms with Crippen LogP contribution in [0.15, 0.2) is 30.5 Å². The van der Waals surface area contributed by atoms with Crippen LogP contribution in [0, 0.1) is 6.92 Å². The van der Waals surface area contributed by atoms with Crippen LogP contribution in [0.5, 0.6) is 0 Å². The van der Waals surface area contributed by atoms with Crippen molar-refractivity contribution in [1.29, 1.82) is 0 Å². The first-order valence-corrected chi connectivity index (χ1v) is 10.1. The molecule has 2 amide bonds. The van der Waals surface area contributed by atoms with Crippen LogP contribution in [-0.2, 0) is 0 Å². The summed E-state index contributed by atoms with van der Waals surface area (Å²) in [6.07, 6.45) is 2.80. The first kappa shape index (κ1) is 17.4. The number of fused-ring (bicyclic) bond motifs is 4. The molecule has 0 aliphatic carbocycles. The monoisotopic (exact) mass is 378 g/mol. The van der Waals surface area contributed by atoms with Crippen molar-refractivity contribution in [2.24, 2.45) is 0 Å². The van der Waals surface area contributed by atoms with E-state index in [9.17, 15) is 4.79 Å². The molecule has 28 heavy (non-hydrogen) atoms. The number of hydrogen-bond donors (Lipinski definition) is 1. The molecule has 0 aromatic carbocycles. The Morgan fingerprint density at radius 1 is 1.21 bits per heavy atom. The Balaban J connectivity index is 1.55. The van der Waals surface area contributed by atoms with Crippen molar-refractivity contribution < 1.29 is 4.79 Å². The van der Waals surface area contributed by atoms with Gasteiger partial charge in [0.2, 0.25) is 0 Å². The zero-order valence-electron chi connectivity index (χ0n) is 16.4. The molecule has 2 atom stereocenters. The number of hydrogen-bond acceptors (Lipinski definition) is 5. The Labute approximate surface area is 165 Å². The van der Waals surface area contributed by atoms with E-state index >= 15 is 0 Å². The molecule has 5 rings (SSSR count). The van der Waals surface area contributed by atoms with Crippen LogP contribution in [0.25, 0.3) is 11.3 Å². The Hall–Kier alpha value is -2.67. The number of anilines is 2. The lowest BCUT2D eigenvalue weighted by molar-refractivity contribution is 0.183. The second-order valence-electron chi connectivity index (χ2n) is 8.07. The molecule has 3 aliphatic heterocycles. The maximum absolute atomic E-state index is 13.5. The van der Waals surface area contributed by atoms with E-state index in [0.29, 0.717) is 6.04 Å². The van der Waals surface area contributed by atoms with E-state index < -0.39 is 0 Å². The zero-order chi connectivity index (χ0) is 19.3. The maximum atomic E-state index is 13.5. The minimum absolute atomic E-state index is 0.0942. The molecular weight excluding hydrogens is 352 g/mol. The van der Waals surface area contributed by atoms with Crippen molar-refractivity contribution in [3.63, 3.8) is 0 Å². The minimum atomic E-state index is 0.0942. The number of piperazine rings is 1. The van der Waals surface area contributed by atoms with E-state index in [2.05, 4.69) is 34.3 Å². The number of urea groups is 1. The standard InChI is InChI=1S/C21H26N6O/c1-14-11-16(5-7-22-14)18-3-4-19-20(24-18)27(17-6-9-25(19)13-17)21(28)26-10-8-23-15(2)12-26/h3-5,7,11,15,17,23H,6,8-10,12-13H2,1-2H3/t15-,17+/m1/s1. The highest BCUT2D eigenvalue weighted by Crippen LogP contribution is 2.40. The fourth-order valence-electron chi connectivity index (χ4n) is 4.58. The van der Waals surface area contributed by atoms with Crippen molar-refractivity contribution >= 4 is 17.5 Å². The van der Waals surface area contributed by atoms with Gasteiger partial charge in [-0.2, -0.15) is 0 Å². The number of pyridine rings is 2. The fourth-order valence-corrected chi connectivity index (χ4v) is 4.58. The summed E-state index contributed by atoms with van der Waals surface area (Å²) in [5.41, 5.74) is 3.95. The maximum Gasteiger partial charge on any atom is 0.326 e. The predicted molar refractivity (Wildman–Crippen MR) is 110 cm³/mol. The summed E-state index contributed by atoms with van der Waals surface area (Å²) < 4.78 is 0. The van der Waals surface area contributed by atoms with E-state index in [-0.39, 0.29) is 12.1 Å². The van der Waals surface area contributed by atoms with Crippen LogP contribution >= 0.6 is 0 Å².